The molecule has 4 nitrogen and oxygen atoms in total. The summed E-state index contributed by atoms with van der Waals surface area (Å²) in [5, 5.41) is 3.49. The lowest BCUT2D eigenvalue weighted by atomic mass is 10.0. The number of benzene rings is 3. The van der Waals surface area contributed by atoms with Crippen molar-refractivity contribution >= 4 is 23.4 Å². The highest BCUT2D eigenvalue weighted by Gasteiger charge is 2.32. The van der Waals surface area contributed by atoms with Crippen molar-refractivity contribution in [3.63, 3.8) is 0 Å². The zero-order valence-corrected chi connectivity index (χ0v) is 15.9. The molecule has 0 spiro atoms. The van der Waals surface area contributed by atoms with Crippen LogP contribution >= 0.6 is 0 Å². The number of nitrogens with zero attached hydrogens (tertiary/aromatic N) is 1. The Kier molecular flexibility index (Phi) is 4.85. The maximum absolute atomic E-state index is 13.3. The standard InChI is InChI=1S/C24H22N2O2/c1-17-9-3-7-13-21(17)26-23(16-15-18-10-4-8-14-22(18)28-2)25-20-12-6-5-11-19(20)24(26)27/h3-16,23,25H,1-2H3/b16-15+. The monoisotopic (exact) mass is 370 g/mol. The summed E-state index contributed by atoms with van der Waals surface area (Å²) in [6.45, 7) is 2.02. The summed E-state index contributed by atoms with van der Waals surface area (Å²) >= 11 is 0. The molecule has 0 saturated heterocycles. The number of carbonyl (C=O) groups excluding carboxylic acids is 1. The molecule has 0 radical (unpaired) electrons. The second kappa shape index (κ2) is 7.61. The molecule has 3 aromatic carbocycles. The number of fused-ring (bicyclic) bond motifs is 1. The third kappa shape index (κ3) is 3.25. The molecular formula is C24H22N2O2. The number of amides is 1. The Labute approximate surface area is 165 Å². The number of nitrogens with one attached hydrogen (secondary N) is 1. The number of aryl methyl sites for hydroxylation is 1. The van der Waals surface area contributed by atoms with E-state index in [1.807, 2.05) is 96.8 Å². The Morgan fingerprint density at radius 2 is 1.68 bits per heavy atom. The van der Waals surface area contributed by atoms with Crippen LogP contribution in [0.2, 0.25) is 0 Å². The van der Waals surface area contributed by atoms with Gasteiger partial charge in [-0.1, -0.05) is 54.6 Å². The van der Waals surface area contributed by atoms with E-state index in [0.717, 1.165) is 28.3 Å². The number of anilines is 2. The van der Waals surface area contributed by atoms with Gasteiger partial charge in [-0.25, -0.2) is 0 Å². The van der Waals surface area contributed by atoms with Gasteiger partial charge in [0.25, 0.3) is 5.91 Å². The first-order valence-electron chi connectivity index (χ1n) is 9.25. The summed E-state index contributed by atoms with van der Waals surface area (Å²) in [4.78, 5) is 15.2. The molecule has 1 aliphatic heterocycles. The first-order valence-corrected chi connectivity index (χ1v) is 9.25. The van der Waals surface area contributed by atoms with Crippen LogP contribution in [0.5, 0.6) is 5.75 Å². The van der Waals surface area contributed by atoms with Gasteiger partial charge in [-0.3, -0.25) is 9.69 Å². The van der Waals surface area contributed by atoms with Crippen LogP contribution in [-0.2, 0) is 0 Å². The van der Waals surface area contributed by atoms with Crippen molar-refractivity contribution in [3.8, 4) is 5.75 Å². The number of hydrogen-bond acceptors (Lipinski definition) is 3. The first-order chi connectivity index (χ1) is 13.7. The molecule has 0 fully saturated rings. The van der Waals surface area contributed by atoms with E-state index in [1.54, 1.807) is 7.11 Å². The normalized spacial score (nSPS) is 16.0. The lowest BCUT2D eigenvalue weighted by Gasteiger charge is -2.37. The van der Waals surface area contributed by atoms with Crippen molar-refractivity contribution in [1.29, 1.82) is 0 Å². The molecular weight excluding hydrogens is 348 g/mol. The molecule has 4 heteroatoms. The van der Waals surface area contributed by atoms with Gasteiger partial charge in [0.2, 0.25) is 0 Å². The minimum atomic E-state index is -0.312. The maximum atomic E-state index is 13.3. The summed E-state index contributed by atoms with van der Waals surface area (Å²) in [5.74, 6) is 0.780. The van der Waals surface area contributed by atoms with Crippen molar-refractivity contribution < 1.29 is 9.53 Å². The number of para-hydroxylation sites is 3. The molecule has 1 atom stereocenters. The minimum absolute atomic E-state index is 0.0154. The van der Waals surface area contributed by atoms with Crippen LogP contribution in [0.4, 0.5) is 11.4 Å². The van der Waals surface area contributed by atoms with Crippen molar-refractivity contribution in [3.05, 3.63) is 95.6 Å². The second-order valence-corrected chi connectivity index (χ2v) is 6.70. The van der Waals surface area contributed by atoms with E-state index in [1.165, 1.54) is 0 Å². The van der Waals surface area contributed by atoms with Crippen molar-refractivity contribution in [1.82, 2.24) is 0 Å². The smallest absolute Gasteiger partial charge is 0.262 e. The van der Waals surface area contributed by atoms with E-state index in [9.17, 15) is 4.79 Å². The summed E-state index contributed by atoms with van der Waals surface area (Å²) < 4.78 is 5.44. The van der Waals surface area contributed by atoms with Crippen LogP contribution in [0.1, 0.15) is 21.5 Å². The van der Waals surface area contributed by atoms with Crippen LogP contribution in [0, 0.1) is 6.92 Å². The average Bonchev–Trinajstić information content (AvgIpc) is 2.73. The number of rotatable bonds is 4. The van der Waals surface area contributed by atoms with Gasteiger partial charge in [0.15, 0.2) is 0 Å². The molecule has 1 aliphatic rings. The Balaban J connectivity index is 1.78. The lowest BCUT2D eigenvalue weighted by molar-refractivity contribution is 0.0979. The first kappa shape index (κ1) is 17.9. The highest BCUT2D eigenvalue weighted by Crippen LogP contribution is 2.32. The number of carbonyl (C=O) groups is 1. The highest BCUT2D eigenvalue weighted by atomic mass is 16.5. The van der Waals surface area contributed by atoms with Crippen molar-refractivity contribution in [2.24, 2.45) is 0 Å². The Hall–Kier alpha value is -3.53. The lowest BCUT2D eigenvalue weighted by Crippen LogP contribution is -2.48. The van der Waals surface area contributed by atoms with Crippen molar-refractivity contribution in [2.75, 3.05) is 17.3 Å². The molecule has 1 unspecified atom stereocenters. The summed E-state index contributed by atoms with van der Waals surface area (Å²) in [6, 6.07) is 23.4. The molecule has 0 saturated carbocycles. The fourth-order valence-electron chi connectivity index (χ4n) is 3.50. The molecule has 3 aromatic rings. The maximum Gasteiger partial charge on any atom is 0.262 e. The minimum Gasteiger partial charge on any atom is -0.496 e. The molecule has 28 heavy (non-hydrogen) atoms. The number of ether oxygens (including phenoxy) is 1. The van der Waals surface area contributed by atoms with E-state index in [4.69, 9.17) is 4.74 Å². The van der Waals surface area contributed by atoms with Gasteiger partial charge in [0, 0.05) is 16.9 Å². The molecule has 1 amide bonds. The van der Waals surface area contributed by atoms with Crippen LogP contribution in [0.25, 0.3) is 6.08 Å². The predicted octanol–water partition coefficient (Wildman–Crippen LogP) is 5.12. The quantitative estimate of drug-likeness (QED) is 0.693. The SMILES string of the molecule is COc1ccccc1/C=C/C1Nc2ccccc2C(=O)N1c1ccccc1C. The fourth-order valence-corrected chi connectivity index (χ4v) is 3.50. The third-order valence-corrected chi connectivity index (χ3v) is 4.93. The largest absolute Gasteiger partial charge is 0.496 e. The van der Waals surface area contributed by atoms with Crippen LogP contribution < -0.4 is 15.0 Å². The van der Waals surface area contributed by atoms with Gasteiger partial charge in [-0.15, -0.1) is 0 Å². The van der Waals surface area contributed by atoms with Crippen molar-refractivity contribution in [2.45, 2.75) is 13.1 Å². The van der Waals surface area contributed by atoms with E-state index in [-0.39, 0.29) is 12.1 Å². The second-order valence-electron chi connectivity index (χ2n) is 6.70. The van der Waals surface area contributed by atoms with E-state index in [2.05, 4.69) is 5.32 Å². The average molecular weight is 370 g/mol. The van der Waals surface area contributed by atoms with E-state index < -0.39 is 0 Å². The van der Waals surface area contributed by atoms with Crippen LogP contribution in [0.15, 0.2) is 78.9 Å². The number of hydrogen-bond donors (Lipinski definition) is 1. The zero-order valence-electron chi connectivity index (χ0n) is 15.9. The molecule has 0 bridgehead atoms. The van der Waals surface area contributed by atoms with Gasteiger partial charge in [-0.05, 0) is 42.8 Å². The fraction of sp³-hybridized carbons (Fsp3) is 0.125. The number of methoxy groups -OCH3 is 1. The molecule has 0 aliphatic carbocycles. The predicted molar refractivity (Wildman–Crippen MR) is 114 cm³/mol. The van der Waals surface area contributed by atoms with Crippen LogP contribution in [-0.4, -0.2) is 19.2 Å². The topological polar surface area (TPSA) is 41.6 Å². The molecule has 4 rings (SSSR count). The summed E-state index contributed by atoms with van der Waals surface area (Å²) in [5.41, 5.74) is 4.42. The zero-order chi connectivity index (χ0) is 19.5. The van der Waals surface area contributed by atoms with Crippen LogP contribution in [0.3, 0.4) is 0 Å². The van der Waals surface area contributed by atoms with E-state index >= 15 is 0 Å². The Morgan fingerprint density at radius 3 is 2.50 bits per heavy atom. The van der Waals surface area contributed by atoms with E-state index in [0.29, 0.717) is 5.56 Å². The van der Waals surface area contributed by atoms with Gasteiger partial charge in [0.1, 0.15) is 11.9 Å². The molecule has 1 N–H and O–H groups in total. The Bertz CT molecular complexity index is 1040. The molecule has 1 heterocycles. The van der Waals surface area contributed by atoms with Gasteiger partial charge in [0.05, 0.1) is 12.7 Å². The molecule has 140 valence electrons. The summed E-state index contributed by atoms with van der Waals surface area (Å²) in [7, 11) is 1.66. The van der Waals surface area contributed by atoms with Gasteiger partial charge < -0.3 is 10.1 Å². The van der Waals surface area contributed by atoms with Gasteiger partial charge in [-0.2, -0.15) is 0 Å². The highest BCUT2D eigenvalue weighted by molar-refractivity contribution is 6.12. The Morgan fingerprint density at radius 1 is 0.964 bits per heavy atom. The van der Waals surface area contributed by atoms with Gasteiger partial charge >= 0.3 is 0 Å². The molecule has 0 aromatic heterocycles. The summed E-state index contributed by atoms with van der Waals surface area (Å²) in [6.07, 6.45) is 3.68. The third-order valence-electron chi connectivity index (χ3n) is 4.93.